The maximum Gasteiger partial charge on any atom is 0.173 e. The Morgan fingerprint density at radius 1 is 1.41 bits per heavy atom. The third-order valence-corrected chi connectivity index (χ3v) is 2.58. The van der Waals surface area contributed by atoms with Crippen molar-refractivity contribution in [1.29, 1.82) is 0 Å². The van der Waals surface area contributed by atoms with Gasteiger partial charge in [-0.3, -0.25) is 0 Å². The predicted molar refractivity (Wildman–Crippen MR) is 63.8 cm³/mol. The first kappa shape index (κ1) is 13.3. The first-order valence-corrected chi connectivity index (χ1v) is 5.39. The van der Waals surface area contributed by atoms with Crippen molar-refractivity contribution < 1.29 is 14.3 Å². The zero-order valence-electron chi connectivity index (χ0n) is 10.1. The number of hydrogen-bond donors (Lipinski definition) is 2. The Morgan fingerprint density at radius 2 is 2.06 bits per heavy atom. The van der Waals surface area contributed by atoms with Crippen molar-refractivity contribution in [3.05, 3.63) is 29.6 Å². The van der Waals surface area contributed by atoms with E-state index in [1.807, 2.05) is 20.8 Å². The van der Waals surface area contributed by atoms with Gasteiger partial charge in [0, 0.05) is 0 Å². The summed E-state index contributed by atoms with van der Waals surface area (Å²) in [6.07, 6.45) is -0.0503. The summed E-state index contributed by atoms with van der Waals surface area (Å²) in [6, 6.07) is 3.93. The monoisotopic (exact) mass is 240 g/mol. The molecule has 0 aliphatic rings. The number of hydrogen-bond acceptors (Lipinski definition) is 3. The van der Waals surface area contributed by atoms with E-state index in [-0.39, 0.29) is 17.5 Å². The van der Waals surface area contributed by atoms with Crippen molar-refractivity contribution in [3.8, 4) is 5.75 Å². The molecule has 0 bridgehead atoms. The Labute approximate surface area is 99.9 Å². The molecular formula is C12H17FN2O2. The molecule has 0 saturated carbocycles. The topological polar surface area (TPSA) is 67.8 Å². The van der Waals surface area contributed by atoms with Gasteiger partial charge in [-0.2, -0.15) is 0 Å². The molecule has 1 aromatic rings. The Bertz CT molecular complexity index is 419. The van der Waals surface area contributed by atoms with Gasteiger partial charge in [-0.15, -0.1) is 0 Å². The van der Waals surface area contributed by atoms with Gasteiger partial charge >= 0.3 is 0 Å². The molecule has 0 heterocycles. The molecule has 0 aromatic heterocycles. The van der Waals surface area contributed by atoms with Crippen LogP contribution in [0.4, 0.5) is 4.39 Å². The number of rotatable bonds is 4. The van der Waals surface area contributed by atoms with Crippen LogP contribution in [0.25, 0.3) is 0 Å². The fraction of sp³-hybridized carbons (Fsp3) is 0.417. The van der Waals surface area contributed by atoms with E-state index >= 15 is 0 Å². The van der Waals surface area contributed by atoms with Gasteiger partial charge in [0.1, 0.15) is 11.6 Å². The minimum Gasteiger partial charge on any atom is -0.490 e. The molecule has 1 atom stereocenters. The number of nitrogens with zero attached hydrogens (tertiary/aromatic N) is 1. The maximum absolute atomic E-state index is 13.1. The number of amidine groups is 1. The molecular weight excluding hydrogens is 223 g/mol. The Balaban J connectivity index is 3.07. The van der Waals surface area contributed by atoms with Crippen LogP contribution in [-0.2, 0) is 0 Å². The second-order valence-electron chi connectivity index (χ2n) is 4.19. The van der Waals surface area contributed by atoms with Crippen molar-refractivity contribution >= 4 is 5.84 Å². The van der Waals surface area contributed by atoms with Gasteiger partial charge in [-0.1, -0.05) is 19.0 Å². The van der Waals surface area contributed by atoms with E-state index in [0.717, 1.165) is 0 Å². The van der Waals surface area contributed by atoms with Crippen LogP contribution in [0.3, 0.4) is 0 Å². The van der Waals surface area contributed by atoms with Gasteiger partial charge in [-0.05, 0) is 31.0 Å². The molecule has 1 rings (SSSR count). The molecule has 5 heteroatoms. The van der Waals surface area contributed by atoms with E-state index < -0.39 is 5.82 Å². The van der Waals surface area contributed by atoms with Crippen LogP contribution in [0.15, 0.2) is 23.4 Å². The highest BCUT2D eigenvalue weighted by atomic mass is 19.1. The Kier molecular flexibility index (Phi) is 4.31. The molecule has 0 amide bonds. The molecule has 3 N–H and O–H groups in total. The molecule has 1 aromatic carbocycles. The maximum atomic E-state index is 13.1. The highest BCUT2D eigenvalue weighted by molar-refractivity contribution is 5.99. The molecule has 0 fully saturated rings. The Morgan fingerprint density at radius 3 is 2.59 bits per heavy atom. The standard InChI is InChI=1S/C12H17FN2O2/c1-7(2)8(3)17-11-5-4-9(13)6-10(11)12(14)15-16/h4-8,16H,1-3H3,(H2,14,15). The highest BCUT2D eigenvalue weighted by Crippen LogP contribution is 2.22. The van der Waals surface area contributed by atoms with Crippen molar-refractivity contribution in [3.63, 3.8) is 0 Å². The first-order valence-electron chi connectivity index (χ1n) is 5.39. The molecule has 0 saturated heterocycles. The lowest BCUT2D eigenvalue weighted by Crippen LogP contribution is -2.22. The summed E-state index contributed by atoms with van der Waals surface area (Å²) >= 11 is 0. The van der Waals surface area contributed by atoms with Crippen LogP contribution in [-0.4, -0.2) is 17.1 Å². The van der Waals surface area contributed by atoms with Crippen LogP contribution in [0.1, 0.15) is 26.3 Å². The Hall–Kier alpha value is -1.78. The summed E-state index contributed by atoms with van der Waals surface area (Å²) in [6.45, 7) is 5.93. The smallest absolute Gasteiger partial charge is 0.173 e. The van der Waals surface area contributed by atoms with Crippen LogP contribution < -0.4 is 10.5 Å². The SMILES string of the molecule is CC(C)C(C)Oc1ccc(F)cc1C(N)=NO. The van der Waals surface area contributed by atoms with E-state index in [4.69, 9.17) is 15.7 Å². The summed E-state index contributed by atoms with van der Waals surface area (Å²) in [5.74, 6) is 0.0784. The normalized spacial score (nSPS) is 13.8. The van der Waals surface area contributed by atoms with Crippen molar-refractivity contribution in [2.24, 2.45) is 16.8 Å². The molecule has 94 valence electrons. The second kappa shape index (κ2) is 5.52. The molecule has 0 aliphatic heterocycles. The van der Waals surface area contributed by atoms with Crippen molar-refractivity contribution in [1.82, 2.24) is 0 Å². The lowest BCUT2D eigenvalue weighted by molar-refractivity contribution is 0.170. The van der Waals surface area contributed by atoms with Crippen LogP contribution in [0.5, 0.6) is 5.75 Å². The summed E-state index contributed by atoms with van der Waals surface area (Å²) < 4.78 is 18.7. The molecule has 4 nitrogen and oxygen atoms in total. The van der Waals surface area contributed by atoms with Crippen LogP contribution in [0, 0.1) is 11.7 Å². The summed E-state index contributed by atoms with van der Waals surface area (Å²) in [5.41, 5.74) is 5.72. The van der Waals surface area contributed by atoms with Crippen molar-refractivity contribution in [2.45, 2.75) is 26.9 Å². The number of oxime groups is 1. The van der Waals surface area contributed by atoms with E-state index in [9.17, 15) is 4.39 Å². The zero-order valence-corrected chi connectivity index (χ0v) is 10.1. The summed E-state index contributed by atoms with van der Waals surface area (Å²) in [5, 5.41) is 11.5. The molecule has 17 heavy (non-hydrogen) atoms. The van der Waals surface area contributed by atoms with E-state index in [2.05, 4.69) is 5.16 Å². The molecule has 0 aliphatic carbocycles. The van der Waals surface area contributed by atoms with Crippen molar-refractivity contribution in [2.75, 3.05) is 0 Å². The summed E-state index contributed by atoms with van der Waals surface area (Å²) in [7, 11) is 0. The van der Waals surface area contributed by atoms with Crippen LogP contribution in [0.2, 0.25) is 0 Å². The van der Waals surface area contributed by atoms with E-state index in [1.54, 1.807) is 0 Å². The zero-order chi connectivity index (χ0) is 13.0. The molecule has 1 unspecified atom stereocenters. The van der Waals surface area contributed by atoms with Crippen LogP contribution >= 0.6 is 0 Å². The molecule has 0 radical (unpaired) electrons. The van der Waals surface area contributed by atoms with Gasteiger partial charge in [0.25, 0.3) is 0 Å². The first-order chi connectivity index (χ1) is 7.95. The van der Waals surface area contributed by atoms with Gasteiger partial charge in [0.2, 0.25) is 0 Å². The number of benzene rings is 1. The second-order valence-corrected chi connectivity index (χ2v) is 4.19. The highest BCUT2D eigenvalue weighted by Gasteiger charge is 2.14. The van der Waals surface area contributed by atoms with Gasteiger partial charge in [0.15, 0.2) is 5.84 Å². The summed E-state index contributed by atoms with van der Waals surface area (Å²) in [4.78, 5) is 0. The predicted octanol–water partition coefficient (Wildman–Crippen LogP) is 2.34. The quantitative estimate of drug-likeness (QED) is 0.367. The number of halogens is 1. The minimum atomic E-state index is -0.462. The van der Waals surface area contributed by atoms with E-state index in [1.165, 1.54) is 18.2 Å². The van der Waals surface area contributed by atoms with E-state index in [0.29, 0.717) is 11.7 Å². The lowest BCUT2D eigenvalue weighted by Gasteiger charge is -2.19. The third kappa shape index (κ3) is 3.34. The average Bonchev–Trinajstić information content (AvgIpc) is 2.30. The third-order valence-electron chi connectivity index (χ3n) is 2.58. The fourth-order valence-corrected chi connectivity index (χ4v) is 1.20. The van der Waals surface area contributed by atoms with Gasteiger partial charge < -0.3 is 15.7 Å². The number of nitrogens with two attached hydrogens (primary N) is 1. The minimum absolute atomic E-state index is 0.0503. The fourth-order valence-electron chi connectivity index (χ4n) is 1.20. The molecule has 0 spiro atoms. The van der Waals surface area contributed by atoms with Gasteiger partial charge in [-0.25, -0.2) is 4.39 Å². The van der Waals surface area contributed by atoms with Gasteiger partial charge in [0.05, 0.1) is 11.7 Å². The average molecular weight is 240 g/mol. The number of ether oxygens (including phenoxy) is 1. The largest absolute Gasteiger partial charge is 0.490 e. The lowest BCUT2D eigenvalue weighted by atomic mass is 10.1.